The Hall–Kier alpha value is -2.78. The Morgan fingerprint density at radius 2 is 1.67 bits per heavy atom. The molecule has 0 radical (unpaired) electrons. The summed E-state index contributed by atoms with van der Waals surface area (Å²) in [5.41, 5.74) is 12.9. The average Bonchev–Trinajstić information content (AvgIpc) is 2.50. The van der Waals surface area contributed by atoms with Gasteiger partial charge in [-0.1, -0.05) is 53.6 Å². The number of rotatable bonds is 2. The van der Waals surface area contributed by atoms with Crippen molar-refractivity contribution in [1.29, 1.82) is 0 Å². The maximum absolute atomic E-state index is 11.5. The third-order valence-corrected chi connectivity index (χ3v) is 3.72. The number of benzene rings is 2. The molecule has 0 fully saturated rings. The molecule has 21 heavy (non-hydrogen) atoms. The van der Waals surface area contributed by atoms with E-state index in [9.17, 15) is 4.79 Å². The van der Waals surface area contributed by atoms with Gasteiger partial charge in [0.1, 0.15) is 0 Å². The molecule has 0 saturated heterocycles. The molecule has 1 aliphatic rings. The molecular formula is C16H14N4O. The lowest BCUT2D eigenvalue weighted by molar-refractivity contribution is -0.119. The number of amides is 1. The predicted octanol–water partition coefficient (Wildman–Crippen LogP) is 3.90. The lowest BCUT2D eigenvalue weighted by atomic mass is 9.79. The van der Waals surface area contributed by atoms with E-state index >= 15 is 0 Å². The highest BCUT2D eigenvalue weighted by Gasteiger charge is 2.33. The van der Waals surface area contributed by atoms with Crippen molar-refractivity contribution in [3.8, 4) is 11.1 Å². The first kappa shape index (κ1) is 13.2. The quantitative estimate of drug-likeness (QED) is 0.504. The monoisotopic (exact) mass is 278 g/mol. The zero-order valence-electron chi connectivity index (χ0n) is 11.5. The molecule has 5 heteroatoms. The van der Waals surface area contributed by atoms with E-state index in [-0.39, 0.29) is 11.9 Å². The van der Waals surface area contributed by atoms with E-state index in [4.69, 9.17) is 5.53 Å². The number of carbonyl (C=O) groups is 1. The molecule has 5 nitrogen and oxygen atoms in total. The van der Waals surface area contributed by atoms with Gasteiger partial charge < -0.3 is 5.32 Å². The van der Waals surface area contributed by atoms with Gasteiger partial charge in [-0.2, -0.15) is 0 Å². The molecule has 2 atom stereocenters. The van der Waals surface area contributed by atoms with E-state index in [1.54, 1.807) is 0 Å². The first-order valence-electron chi connectivity index (χ1n) is 6.72. The third-order valence-electron chi connectivity index (χ3n) is 3.72. The van der Waals surface area contributed by atoms with Crippen LogP contribution in [-0.4, -0.2) is 5.91 Å². The molecule has 3 rings (SSSR count). The second kappa shape index (κ2) is 5.31. The van der Waals surface area contributed by atoms with Gasteiger partial charge in [0.15, 0.2) is 0 Å². The first-order valence-corrected chi connectivity index (χ1v) is 6.72. The van der Waals surface area contributed by atoms with Gasteiger partial charge in [-0.05, 0) is 27.8 Å². The van der Waals surface area contributed by atoms with Gasteiger partial charge in [0.25, 0.3) is 0 Å². The topological polar surface area (TPSA) is 77.9 Å². The van der Waals surface area contributed by atoms with Crippen LogP contribution < -0.4 is 5.32 Å². The molecule has 0 heterocycles. The minimum absolute atomic E-state index is 0.146. The lowest BCUT2D eigenvalue weighted by Gasteiger charge is -2.33. The largest absolute Gasteiger partial charge is 0.349 e. The summed E-state index contributed by atoms with van der Waals surface area (Å²) in [6.45, 7) is 1.47. The fraction of sp³-hybridized carbons (Fsp3) is 0.188. The Morgan fingerprint density at radius 1 is 1.10 bits per heavy atom. The van der Waals surface area contributed by atoms with Gasteiger partial charge in [-0.25, -0.2) is 0 Å². The second-order valence-electron chi connectivity index (χ2n) is 5.00. The summed E-state index contributed by atoms with van der Waals surface area (Å²) < 4.78 is 0. The third kappa shape index (κ3) is 2.24. The number of fused-ring (bicyclic) bond motifs is 3. The van der Waals surface area contributed by atoms with E-state index in [0.717, 1.165) is 22.3 Å². The summed E-state index contributed by atoms with van der Waals surface area (Å²) >= 11 is 0. The molecule has 0 aromatic heterocycles. The number of carbonyl (C=O) groups excluding carboxylic acids is 1. The molecule has 1 aliphatic carbocycles. The van der Waals surface area contributed by atoms with Crippen LogP contribution in [0.5, 0.6) is 0 Å². The van der Waals surface area contributed by atoms with E-state index < -0.39 is 6.04 Å². The minimum Gasteiger partial charge on any atom is -0.349 e. The molecule has 104 valence electrons. The van der Waals surface area contributed by atoms with Crippen LogP contribution in [-0.2, 0) is 4.79 Å². The summed E-state index contributed by atoms with van der Waals surface area (Å²) in [4.78, 5) is 14.5. The van der Waals surface area contributed by atoms with Crippen molar-refractivity contribution in [3.63, 3.8) is 0 Å². The molecule has 0 aliphatic heterocycles. The van der Waals surface area contributed by atoms with Gasteiger partial charge in [-0.15, -0.1) is 0 Å². The Labute approximate surface area is 122 Å². The molecule has 0 spiro atoms. The zero-order valence-corrected chi connectivity index (χ0v) is 11.5. The maximum atomic E-state index is 11.5. The van der Waals surface area contributed by atoms with Crippen LogP contribution in [0.25, 0.3) is 21.6 Å². The van der Waals surface area contributed by atoms with Crippen LogP contribution >= 0.6 is 0 Å². The van der Waals surface area contributed by atoms with Gasteiger partial charge in [0.05, 0.1) is 12.1 Å². The van der Waals surface area contributed by atoms with Crippen molar-refractivity contribution in [2.24, 2.45) is 5.11 Å². The predicted molar refractivity (Wildman–Crippen MR) is 80.3 cm³/mol. The molecule has 1 amide bonds. The minimum atomic E-state index is -0.440. The number of hydrogen-bond donors (Lipinski definition) is 1. The van der Waals surface area contributed by atoms with Gasteiger partial charge >= 0.3 is 0 Å². The van der Waals surface area contributed by atoms with Gasteiger partial charge in [-0.3, -0.25) is 4.79 Å². The number of nitrogens with one attached hydrogen (secondary N) is 1. The number of nitrogens with zero attached hydrogens (tertiary/aromatic N) is 3. The molecule has 2 aromatic carbocycles. The molecule has 0 saturated carbocycles. The second-order valence-corrected chi connectivity index (χ2v) is 5.00. The fourth-order valence-corrected chi connectivity index (χ4v) is 2.92. The van der Waals surface area contributed by atoms with Crippen molar-refractivity contribution < 1.29 is 4.79 Å². The highest BCUT2D eigenvalue weighted by atomic mass is 16.1. The Kier molecular flexibility index (Phi) is 3.34. The van der Waals surface area contributed by atoms with Crippen molar-refractivity contribution in [2.45, 2.75) is 19.0 Å². The summed E-state index contributed by atoms with van der Waals surface area (Å²) in [5, 5.41) is 6.83. The first-order chi connectivity index (χ1) is 10.2. The summed E-state index contributed by atoms with van der Waals surface area (Å²) in [7, 11) is 0. The van der Waals surface area contributed by atoms with Crippen molar-refractivity contribution in [2.75, 3.05) is 0 Å². The highest BCUT2D eigenvalue weighted by Crippen LogP contribution is 2.46. The van der Waals surface area contributed by atoms with Crippen LogP contribution in [0.1, 0.15) is 30.1 Å². The standard InChI is InChI=1S/C16H14N4O/c1-10(21)18-15-13-8-4-2-6-11(13)12-7-3-5-9-14(12)16(15)19-20-17/h2-9,15-16H,1H3,(H,18,21)/t15-,16-/m1/s1. The van der Waals surface area contributed by atoms with E-state index in [2.05, 4.69) is 15.3 Å². The van der Waals surface area contributed by atoms with Crippen LogP contribution in [0.3, 0.4) is 0 Å². The Morgan fingerprint density at radius 3 is 2.29 bits per heavy atom. The number of azide groups is 1. The highest BCUT2D eigenvalue weighted by molar-refractivity contribution is 5.78. The van der Waals surface area contributed by atoms with E-state index in [1.165, 1.54) is 6.92 Å². The summed E-state index contributed by atoms with van der Waals surface area (Å²) in [6.07, 6.45) is 0. The zero-order chi connectivity index (χ0) is 14.8. The van der Waals surface area contributed by atoms with Gasteiger partial charge in [0, 0.05) is 11.8 Å². The van der Waals surface area contributed by atoms with Gasteiger partial charge in [0.2, 0.25) is 5.91 Å². The van der Waals surface area contributed by atoms with Crippen molar-refractivity contribution in [1.82, 2.24) is 5.32 Å². The molecule has 0 unspecified atom stereocenters. The summed E-state index contributed by atoms with van der Waals surface area (Å²) in [5.74, 6) is -0.146. The van der Waals surface area contributed by atoms with E-state index in [1.807, 2.05) is 48.5 Å². The molecular weight excluding hydrogens is 264 g/mol. The van der Waals surface area contributed by atoms with Crippen LogP contribution in [0.4, 0.5) is 0 Å². The number of hydrogen-bond acceptors (Lipinski definition) is 2. The molecule has 0 bridgehead atoms. The molecule has 1 N–H and O–H groups in total. The van der Waals surface area contributed by atoms with Crippen molar-refractivity contribution in [3.05, 3.63) is 70.1 Å². The van der Waals surface area contributed by atoms with Crippen LogP contribution in [0, 0.1) is 0 Å². The normalized spacial score (nSPS) is 18.9. The molecule has 2 aromatic rings. The maximum Gasteiger partial charge on any atom is 0.217 e. The Bertz CT molecular complexity index is 749. The summed E-state index contributed by atoms with van der Waals surface area (Å²) in [6, 6.07) is 14.9. The van der Waals surface area contributed by atoms with E-state index in [0.29, 0.717) is 0 Å². The lowest BCUT2D eigenvalue weighted by Crippen LogP contribution is -2.32. The Balaban J connectivity index is 2.25. The van der Waals surface area contributed by atoms with Crippen molar-refractivity contribution >= 4 is 5.91 Å². The SMILES string of the molecule is CC(=O)N[C@@H]1c2ccccc2-c2ccccc2[C@H]1N=[N+]=[N-]. The van der Waals surface area contributed by atoms with Crippen LogP contribution in [0.15, 0.2) is 53.6 Å². The fourth-order valence-electron chi connectivity index (χ4n) is 2.92. The van der Waals surface area contributed by atoms with Crippen LogP contribution in [0.2, 0.25) is 0 Å². The average molecular weight is 278 g/mol. The smallest absolute Gasteiger partial charge is 0.217 e.